The number of benzene rings is 1. The van der Waals surface area contributed by atoms with Crippen LogP contribution in [0.4, 0.5) is 0 Å². The lowest BCUT2D eigenvalue weighted by atomic mass is 9.65. The topological polar surface area (TPSA) is 118 Å². The van der Waals surface area contributed by atoms with E-state index in [1.165, 1.54) is 9.58 Å². The predicted octanol–water partition coefficient (Wildman–Crippen LogP) is 2.07. The van der Waals surface area contributed by atoms with Gasteiger partial charge in [0.25, 0.3) is 11.8 Å². The highest BCUT2D eigenvalue weighted by Crippen LogP contribution is 2.52. The minimum Gasteiger partial charge on any atom is -0.334 e. The zero-order valence-electron chi connectivity index (χ0n) is 20.8. The van der Waals surface area contributed by atoms with E-state index < -0.39 is 11.9 Å². The molecule has 2 saturated heterocycles. The monoisotopic (exact) mass is 490 g/mol. The van der Waals surface area contributed by atoms with Crippen LogP contribution in [0.2, 0.25) is 0 Å². The van der Waals surface area contributed by atoms with Gasteiger partial charge >= 0.3 is 0 Å². The molecule has 4 aliphatic rings. The standard InChI is InChI=1S/C26H30N6O4/c1-25(2)9-17-10-26(3,13-25)14-31(17)24(36)19-12-32(29-28-19)16-5-4-15-11-30(23(35)18(15)8-16)20-6-7-21(33)27-22(20)34/h4-5,8,12,17,20H,6-7,9-11,13-14H2,1-3H3,(H,27,33,34). The van der Waals surface area contributed by atoms with Gasteiger partial charge < -0.3 is 9.80 Å². The molecule has 3 unspecified atom stereocenters. The van der Waals surface area contributed by atoms with Gasteiger partial charge in [-0.05, 0) is 54.2 Å². The summed E-state index contributed by atoms with van der Waals surface area (Å²) >= 11 is 0. The number of rotatable bonds is 3. The molecule has 36 heavy (non-hydrogen) atoms. The van der Waals surface area contributed by atoms with Crippen LogP contribution in [0.15, 0.2) is 24.4 Å². The largest absolute Gasteiger partial charge is 0.334 e. The van der Waals surface area contributed by atoms with Gasteiger partial charge in [0.05, 0.1) is 11.9 Å². The summed E-state index contributed by atoms with van der Waals surface area (Å²) < 4.78 is 1.52. The quantitative estimate of drug-likeness (QED) is 0.659. The molecule has 1 aliphatic carbocycles. The third kappa shape index (κ3) is 3.70. The highest BCUT2D eigenvalue weighted by Gasteiger charge is 2.51. The summed E-state index contributed by atoms with van der Waals surface area (Å²) in [6.45, 7) is 7.87. The fraction of sp³-hybridized carbons (Fsp3) is 0.538. The second-order valence-corrected chi connectivity index (χ2v) is 11.9. The molecule has 1 aromatic carbocycles. The lowest BCUT2D eigenvalue weighted by Gasteiger charge is -2.39. The van der Waals surface area contributed by atoms with Crippen molar-refractivity contribution in [3.05, 3.63) is 41.2 Å². The summed E-state index contributed by atoms with van der Waals surface area (Å²) in [5.41, 5.74) is 2.55. The van der Waals surface area contributed by atoms with Gasteiger partial charge in [-0.2, -0.15) is 0 Å². The summed E-state index contributed by atoms with van der Waals surface area (Å²) in [5.74, 6) is -1.10. The van der Waals surface area contributed by atoms with Crippen LogP contribution in [0.3, 0.4) is 0 Å². The third-order valence-corrected chi connectivity index (χ3v) is 8.16. The Bertz CT molecular complexity index is 1320. The minimum absolute atomic E-state index is 0.103. The maximum atomic E-state index is 13.4. The zero-order chi connectivity index (χ0) is 25.4. The van der Waals surface area contributed by atoms with Gasteiger partial charge in [-0.15, -0.1) is 5.10 Å². The van der Waals surface area contributed by atoms with Crippen molar-refractivity contribution in [1.29, 1.82) is 0 Å². The van der Waals surface area contributed by atoms with Crippen molar-refractivity contribution in [1.82, 2.24) is 30.1 Å². The van der Waals surface area contributed by atoms with Crippen molar-refractivity contribution < 1.29 is 19.2 Å². The molecular formula is C26H30N6O4. The van der Waals surface area contributed by atoms with E-state index in [-0.39, 0.29) is 41.0 Å². The fourth-order valence-corrected chi connectivity index (χ4v) is 7.02. The Kier molecular flexibility index (Phi) is 4.90. The molecule has 0 radical (unpaired) electrons. The molecule has 188 valence electrons. The molecule has 3 fully saturated rings. The van der Waals surface area contributed by atoms with Crippen molar-refractivity contribution >= 4 is 23.6 Å². The Morgan fingerprint density at radius 2 is 1.94 bits per heavy atom. The van der Waals surface area contributed by atoms with Crippen molar-refractivity contribution in [2.75, 3.05) is 6.54 Å². The Labute approximate surface area is 209 Å². The second-order valence-electron chi connectivity index (χ2n) is 11.9. The number of likely N-dealkylation sites (tertiary alicyclic amines) is 1. The SMILES string of the molecule is CC1(C)CC2CC(C)(CN2C(=O)c2cn(-c3ccc4c(c3)C(=O)N(C3CCC(=O)NC3=O)C4)nn2)C1. The molecule has 4 amide bonds. The third-order valence-electron chi connectivity index (χ3n) is 8.16. The van der Waals surface area contributed by atoms with E-state index >= 15 is 0 Å². The molecule has 2 bridgehead atoms. The summed E-state index contributed by atoms with van der Waals surface area (Å²) in [6.07, 6.45) is 5.26. The molecule has 3 aliphatic heterocycles. The van der Waals surface area contributed by atoms with E-state index in [2.05, 4.69) is 36.4 Å². The number of hydrogen-bond acceptors (Lipinski definition) is 6. The highest BCUT2D eigenvalue weighted by atomic mass is 16.2. The number of piperidine rings is 1. The maximum absolute atomic E-state index is 13.4. The van der Waals surface area contributed by atoms with Crippen LogP contribution >= 0.6 is 0 Å². The molecule has 0 spiro atoms. The number of nitrogens with zero attached hydrogens (tertiary/aromatic N) is 5. The van der Waals surface area contributed by atoms with E-state index in [0.717, 1.165) is 31.4 Å². The van der Waals surface area contributed by atoms with Gasteiger partial charge in [0.2, 0.25) is 11.8 Å². The molecule has 3 atom stereocenters. The molecule has 10 nitrogen and oxygen atoms in total. The second kappa shape index (κ2) is 7.72. The first-order chi connectivity index (χ1) is 17.0. The summed E-state index contributed by atoms with van der Waals surface area (Å²) in [6, 6.07) is 4.94. The van der Waals surface area contributed by atoms with Gasteiger partial charge in [0.15, 0.2) is 5.69 Å². The Balaban J connectivity index is 1.21. The van der Waals surface area contributed by atoms with Crippen LogP contribution in [0.1, 0.15) is 79.3 Å². The summed E-state index contributed by atoms with van der Waals surface area (Å²) in [7, 11) is 0. The molecule has 2 aromatic rings. The van der Waals surface area contributed by atoms with Gasteiger partial charge in [-0.1, -0.05) is 32.1 Å². The van der Waals surface area contributed by atoms with E-state index in [0.29, 0.717) is 29.9 Å². The van der Waals surface area contributed by atoms with Crippen LogP contribution in [-0.2, 0) is 16.1 Å². The first-order valence-corrected chi connectivity index (χ1v) is 12.5. The first kappa shape index (κ1) is 22.9. The number of carbonyl (C=O) groups is 4. The number of nitrogens with one attached hydrogen (secondary N) is 1. The average Bonchev–Trinajstić information content (AvgIpc) is 3.47. The van der Waals surface area contributed by atoms with Crippen LogP contribution < -0.4 is 5.32 Å². The highest BCUT2D eigenvalue weighted by molar-refractivity contribution is 6.05. The van der Waals surface area contributed by atoms with E-state index in [1.807, 2.05) is 17.0 Å². The lowest BCUT2D eigenvalue weighted by Crippen LogP contribution is -2.52. The van der Waals surface area contributed by atoms with Crippen LogP contribution in [0.25, 0.3) is 5.69 Å². The van der Waals surface area contributed by atoms with Crippen LogP contribution in [-0.4, -0.2) is 67.1 Å². The van der Waals surface area contributed by atoms with Gasteiger partial charge in [-0.25, -0.2) is 4.68 Å². The summed E-state index contributed by atoms with van der Waals surface area (Å²) in [4.78, 5) is 53.8. The first-order valence-electron chi connectivity index (χ1n) is 12.5. The number of carbonyl (C=O) groups excluding carboxylic acids is 4. The average molecular weight is 491 g/mol. The number of hydrogen-bond donors (Lipinski definition) is 1. The van der Waals surface area contributed by atoms with Crippen LogP contribution in [0.5, 0.6) is 0 Å². The normalized spacial score (nSPS) is 28.9. The van der Waals surface area contributed by atoms with Gasteiger partial charge in [0.1, 0.15) is 6.04 Å². The molecule has 6 rings (SSSR count). The molecule has 1 aromatic heterocycles. The Morgan fingerprint density at radius 3 is 2.72 bits per heavy atom. The predicted molar refractivity (Wildman–Crippen MR) is 128 cm³/mol. The Hall–Kier alpha value is -3.56. The molecule has 1 N–H and O–H groups in total. The number of fused-ring (bicyclic) bond motifs is 3. The van der Waals surface area contributed by atoms with E-state index in [9.17, 15) is 19.2 Å². The zero-order valence-corrected chi connectivity index (χ0v) is 20.8. The lowest BCUT2D eigenvalue weighted by molar-refractivity contribution is -0.136. The molecule has 1 saturated carbocycles. The van der Waals surface area contributed by atoms with Crippen molar-refractivity contribution in [2.45, 2.75) is 71.5 Å². The number of amides is 4. The van der Waals surface area contributed by atoms with Crippen molar-refractivity contribution in [3.8, 4) is 5.69 Å². The van der Waals surface area contributed by atoms with Gasteiger partial charge in [-0.3, -0.25) is 24.5 Å². The minimum atomic E-state index is -0.659. The van der Waals surface area contributed by atoms with Crippen LogP contribution in [0, 0.1) is 10.8 Å². The van der Waals surface area contributed by atoms with Crippen molar-refractivity contribution in [2.24, 2.45) is 10.8 Å². The number of imide groups is 1. The molecule has 4 heterocycles. The maximum Gasteiger partial charge on any atom is 0.276 e. The van der Waals surface area contributed by atoms with E-state index in [1.54, 1.807) is 12.3 Å². The molecular weight excluding hydrogens is 460 g/mol. The smallest absolute Gasteiger partial charge is 0.276 e. The summed E-state index contributed by atoms with van der Waals surface area (Å²) in [5, 5.41) is 10.7. The Morgan fingerprint density at radius 1 is 1.14 bits per heavy atom. The number of aromatic nitrogens is 3. The fourth-order valence-electron chi connectivity index (χ4n) is 7.02. The van der Waals surface area contributed by atoms with E-state index in [4.69, 9.17) is 0 Å². The molecule has 10 heteroatoms. The van der Waals surface area contributed by atoms with Crippen molar-refractivity contribution in [3.63, 3.8) is 0 Å². The van der Waals surface area contributed by atoms with Gasteiger partial charge in [0, 0.05) is 31.1 Å².